The van der Waals surface area contributed by atoms with Crippen LogP contribution in [0.15, 0.2) is 30.3 Å². The summed E-state index contributed by atoms with van der Waals surface area (Å²) in [6.45, 7) is 0.196. The molecule has 0 unspecified atom stereocenters. The Balaban J connectivity index is 1.89. The average molecular weight is 298 g/mol. The van der Waals surface area contributed by atoms with Gasteiger partial charge in [-0.15, -0.1) is 5.10 Å². The minimum absolute atomic E-state index is 0.139. The van der Waals surface area contributed by atoms with Crippen LogP contribution in [0, 0.1) is 0 Å². The van der Waals surface area contributed by atoms with Gasteiger partial charge in [-0.05, 0) is 6.07 Å². The Labute approximate surface area is 125 Å². The predicted octanol–water partition coefficient (Wildman–Crippen LogP) is 0.874. The SMILES string of the molecule is COc1cc(C(=O)NCc2nc(N)n[nH]2)c2ccccc2n1. The highest BCUT2D eigenvalue weighted by Crippen LogP contribution is 2.21. The molecule has 3 aromatic rings. The van der Waals surface area contributed by atoms with Gasteiger partial charge in [0, 0.05) is 11.5 Å². The van der Waals surface area contributed by atoms with Crippen LogP contribution in [0.2, 0.25) is 0 Å². The first-order valence-corrected chi connectivity index (χ1v) is 6.56. The molecule has 2 heterocycles. The van der Waals surface area contributed by atoms with Crippen LogP contribution in [-0.2, 0) is 6.54 Å². The highest BCUT2D eigenvalue weighted by atomic mass is 16.5. The highest BCUT2D eigenvalue weighted by Gasteiger charge is 2.13. The lowest BCUT2D eigenvalue weighted by Gasteiger charge is -2.09. The quantitative estimate of drug-likeness (QED) is 0.657. The number of rotatable bonds is 4. The van der Waals surface area contributed by atoms with Gasteiger partial charge < -0.3 is 15.8 Å². The number of carbonyl (C=O) groups excluding carboxylic acids is 1. The summed E-state index contributed by atoms with van der Waals surface area (Å²) >= 11 is 0. The van der Waals surface area contributed by atoms with Gasteiger partial charge in [0.2, 0.25) is 11.8 Å². The summed E-state index contributed by atoms with van der Waals surface area (Å²) in [4.78, 5) is 20.7. The van der Waals surface area contributed by atoms with Crippen molar-refractivity contribution < 1.29 is 9.53 Å². The van der Waals surface area contributed by atoms with Gasteiger partial charge in [-0.3, -0.25) is 9.89 Å². The lowest BCUT2D eigenvalue weighted by molar-refractivity contribution is 0.0951. The van der Waals surface area contributed by atoms with E-state index in [2.05, 4.69) is 25.5 Å². The molecule has 1 amide bonds. The second kappa shape index (κ2) is 5.68. The highest BCUT2D eigenvalue weighted by molar-refractivity contribution is 6.06. The lowest BCUT2D eigenvalue weighted by atomic mass is 10.1. The number of nitrogens with two attached hydrogens (primary N) is 1. The fraction of sp³-hybridized carbons (Fsp3) is 0.143. The smallest absolute Gasteiger partial charge is 0.252 e. The monoisotopic (exact) mass is 298 g/mol. The van der Waals surface area contributed by atoms with Crippen molar-refractivity contribution in [1.29, 1.82) is 0 Å². The van der Waals surface area contributed by atoms with Crippen molar-refractivity contribution in [3.05, 3.63) is 41.7 Å². The minimum Gasteiger partial charge on any atom is -0.481 e. The molecule has 8 nitrogen and oxygen atoms in total. The van der Waals surface area contributed by atoms with E-state index < -0.39 is 0 Å². The van der Waals surface area contributed by atoms with E-state index in [9.17, 15) is 4.79 Å². The molecule has 0 aliphatic rings. The molecular formula is C14H14N6O2. The summed E-state index contributed by atoms with van der Waals surface area (Å²) in [5, 5.41) is 9.85. The summed E-state index contributed by atoms with van der Waals surface area (Å²) in [7, 11) is 1.51. The normalized spacial score (nSPS) is 10.6. The maximum atomic E-state index is 12.4. The van der Waals surface area contributed by atoms with E-state index in [1.54, 1.807) is 6.07 Å². The van der Waals surface area contributed by atoms with Crippen molar-refractivity contribution in [2.75, 3.05) is 12.8 Å². The number of nitrogens with zero attached hydrogens (tertiary/aromatic N) is 3. The molecule has 8 heteroatoms. The molecule has 2 aromatic heterocycles. The number of hydrogen-bond acceptors (Lipinski definition) is 6. The van der Waals surface area contributed by atoms with E-state index in [-0.39, 0.29) is 18.4 Å². The van der Waals surface area contributed by atoms with Crippen molar-refractivity contribution >= 4 is 22.8 Å². The van der Waals surface area contributed by atoms with Crippen molar-refractivity contribution in [3.63, 3.8) is 0 Å². The molecule has 0 aliphatic heterocycles. The topological polar surface area (TPSA) is 119 Å². The summed E-state index contributed by atoms with van der Waals surface area (Å²) in [6, 6.07) is 8.97. The number of methoxy groups -OCH3 is 1. The van der Waals surface area contributed by atoms with Crippen molar-refractivity contribution in [2.24, 2.45) is 0 Å². The number of nitrogens with one attached hydrogen (secondary N) is 2. The largest absolute Gasteiger partial charge is 0.481 e. The van der Waals surface area contributed by atoms with Crippen LogP contribution in [0.5, 0.6) is 5.88 Å². The number of ether oxygens (including phenoxy) is 1. The van der Waals surface area contributed by atoms with Crippen molar-refractivity contribution in [2.45, 2.75) is 6.54 Å². The molecule has 22 heavy (non-hydrogen) atoms. The molecule has 4 N–H and O–H groups in total. The van der Waals surface area contributed by atoms with Gasteiger partial charge in [0.05, 0.1) is 24.7 Å². The van der Waals surface area contributed by atoms with E-state index in [0.717, 1.165) is 5.39 Å². The molecule has 0 atom stereocenters. The maximum absolute atomic E-state index is 12.4. The number of carbonyl (C=O) groups is 1. The van der Waals surface area contributed by atoms with Gasteiger partial charge in [-0.25, -0.2) is 4.98 Å². The summed E-state index contributed by atoms with van der Waals surface area (Å²) in [5.74, 6) is 0.746. The number of pyridine rings is 1. The first-order chi connectivity index (χ1) is 10.7. The number of nitrogen functional groups attached to an aromatic ring is 1. The first-order valence-electron chi connectivity index (χ1n) is 6.56. The van der Waals surface area contributed by atoms with Gasteiger partial charge in [-0.2, -0.15) is 4.98 Å². The van der Waals surface area contributed by atoms with E-state index >= 15 is 0 Å². The molecule has 3 rings (SSSR count). The summed E-state index contributed by atoms with van der Waals surface area (Å²) < 4.78 is 5.14. The van der Waals surface area contributed by atoms with E-state index in [1.165, 1.54) is 7.11 Å². The fourth-order valence-electron chi connectivity index (χ4n) is 2.09. The third-order valence-corrected chi connectivity index (χ3v) is 3.11. The minimum atomic E-state index is -0.258. The van der Waals surface area contributed by atoms with Crippen LogP contribution in [-0.4, -0.2) is 33.2 Å². The second-order valence-corrected chi connectivity index (χ2v) is 4.55. The Bertz CT molecular complexity index is 829. The Hall–Kier alpha value is -3.16. The molecule has 0 spiro atoms. The van der Waals surface area contributed by atoms with E-state index in [4.69, 9.17) is 10.5 Å². The lowest BCUT2D eigenvalue weighted by Crippen LogP contribution is -2.24. The Morgan fingerprint density at radius 3 is 2.91 bits per heavy atom. The third kappa shape index (κ3) is 2.66. The molecule has 0 saturated carbocycles. The Morgan fingerprint density at radius 2 is 2.18 bits per heavy atom. The standard InChI is InChI=1S/C14H14N6O2/c1-22-12-6-9(8-4-2-3-5-10(8)17-12)13(21)16-7-11-18-14(15)20-19-11/h2-6H,7H2,1H3,(H,16,21)(H3,15,18,19,20). The van der Waals surface area contributed by atoms with Gasteiger partial charge in [0.1, 0.15) is 5.82 Å². The molecule has 0 bridgehead atoms. The Kier molecular flexibility index (Phi) is 3.57. The number of aromatic nitrogens is 4. The van der Waals surface area contributed by atoms with Gasteiger partial charge in [-0.1, -0.05) is 18.2 Å². The van der Waals surface area contributed by atoms with Crippen LogP contribution < -0.4 is 15.8 Å². The zero-order chi connectivity index (χ0) is 15.5. The number of amides is 1. The third-order valence-electron chi connectivity index (χ3n) is 3.11. The number of fused-ring (bicyclic) bond motifs is 1. The summed E-state index contributed by atoms with van der Waals surface area (Å²) in [5.41, 5.74) is 6.59. The molecular weight excluding hydrogens is 284 g/mol. The fourth-order valence-corrected chi connectivity index (χ4v) is 2.09. The van der Waals surface area contributed by atoms with E-state index in [1.807, 2.05) is 24.3 Å². The van der Waals surface area contributed by atoms with Gasteiger partial charge in [0.15, 0.2) is 0 Å². The van der Waals surface area contributed by atoms with Crippen molar-refractivity contribution in [1.82, 2.24) is 25.5 Å². The van der Waals surface area contributed by atoms with Crippen LogP contribution in [0.25, 0.3) is 10.9 Å². The summed E-state index contributed by atoms with van der Waals surface area (Å²) in [6.07, 6.45) is 0. The molecule has 112 valence electrons. The zero-order valence-corrected chi connectivity index (χ0v) is 11.8. The van der Waals surface area contributed by atoms with Crippen LogP contribution >= 0.6 is 0 Å². The molecule has 0 aliphatic carbocycles. The molecule has 0 fully saturated rings. The number of H-pyrrole nitrogens is 1. The Morgan fingerprint density at radius 1 is 1.36 bits per heavy atom. The molecule has 1 aromatic carbocycles. The molecule has 0 radical (unpaired) electrons. The van der Waals surface area contributed by atoms with Crippen molar-refractivity contribution in [3.8, 4) is 5.88 Å². The maximum Gasteiger partial charge on any atom is 0.252 e. The van der Waals surface area contributed by atoms with Crippen LogP contribution in [0.1, 0.15) is 16.2 Å². The number of aromatic amines is 1. The number of anilines is 1. The number of benzene rings is 1. The average Bonchev–Trinajstić information content (AvgIpc) is 2.97. The molecule has 0 saturated heterocycles. The second-order valence-electron chi connectivity index (χ2n) is 4.55. The predicted molar refractivity (Wildman–Crippen MR) is 80.3 cm³/mol. The van der Waals surface area contributed by atoms with E-state index in [0.29, 0.717) is 22.8 Å². The number of hydrogen-bond donors (Lipinski definition) is 3. The number of para-hydroxylation sites is 1. The van der Waals surface area contributed by atoms with Gasteiger partial charge in [0.25, 0.3) is 5.91 Å². The zero-order valence-electron chi connectivity index (χ0n) is 11.8. The first kappa shape index (κ1) is 13.8. The van der Waals surface area contributed by atoms with Crippen LogP contribution in [0.3, 0.4) is 0 Å². The van der Waals surface area contributed by atoms with Crippen LogP contribution in [0.4, 0.5) is 5.95 Å². The van der Waals surface area contributed by atoms with Gasteiger partial charge >= 0.3 is 0 Å².